The number of piperidine rings is 1. The molecule has 0 bridgehead atoms. The highest BCUT2D eigenvalue weighted by Gasteiger charge is 2.44. The van der Waals surface area contributed by atoms with Gasteiger partial charge in [0.05, 0.1) is 11.9 Å². The molecule has 3 heterocycles. The van der Waals surface area contributed by atoms with Crippen LogP contribution < -0.4 is 5.32 Å². The largest absolute Gasteiger partial charge is 0.324 e. The van der Waals surface area contributed by atoms with E-state index in [2.05, 4.69) is 40.0 Å². The molecule has 0 unspecified atom stereocenters. The van der Waals surface area contributed by atoms with Gasteiger partial charge in [0.15, 0.2) is 0 Å². The molecule has 7 heteroatoms. The fourth-order valence-electron chi connectivity index (χ4n) is 3.59. The minimum Gasteiger partial charge on any atom is -0.324 e. The van der Waals surface area contributed by atoms with Gasteiger partial charge >= 0.3 is 6.03 Å². The standard InChI is InChI=1S/C16H17N5OS/c1-11-16(12-4-2-3-5-13(12)18-11)6-8-21(9-7-16)15(22)19-14-10-17-20-23-14/h2-5,10H,6-9H2,1H3,(H,19,22). The van der Waals surface area contributed by atoms with Crippen molar-refractivity contribution in [1.82, 2.24) is 14.5 Å². The third-order valence-corrected chi connectivity index (χ3v) is 5.48. The molecular formula is C16H17N5OS. The minimum absolute atomic E-state index is 0.000579. The van der Waals surface area contributed by atoms with Crippen LogP contribution in [0.2, 0.25) is 0 Å². The number of anilines is 1. The van der Waals surface area contributed by atoms with Crippen molar-refractivity contribution >= 4 is 34.0 Å². The van der Waals surface area contributed by atoms with E-state index in [-0.39, 0.29) is 11.4 Å². The molecule has 0 saturated carbocycles. The van der Waals surface area contributed by atoms with Crippen LogP contribution in [-0.4, -0.2) is 39.3 Å². The number of amides is 2. The van der Waals surface area contributed by atoms with Gasteiger partial charge in [-0.2, -0.15) is 0 Å². The van der Waals surface area contributed by atoms with Gasteiger partial charge in [-0.1, -0.05) is 22.7 Å². The van der Waals surface area contributed by atoms with E-state index in [1.54, 1.807) is 6.20 Å². The van der Waals surface area contributed by atoms with Gasteiger partial charge < -0.3 is 4.90 Å². The number of aromatic nitrogens is 2. The number of likely N-dealkylation sites (tertiary alicyclic amines) is 1. The van der Waals surface area contributed by atoms with Crippen molar-refractivity contribution < 1.29 is 4.79 Å². The molecular weight excluding hydrogens is 310 g/mol. The molecule has 2 aliphatic rings. The maximum atomic E-state index is 12.3. The molecule has 0 aliphatic carbocycles. The van der Waals surface area contributed by atoms with E-state index in [1.165, 1.54) is 22.8 Å². The summed E-state index contributed by atoms with van der Waals surface area (Å²) >= 11 is 1.19. The quantitative estimate of drug-likeness (QED) is 0.874. The number of benzene rings is 1. The highest BCUT2D eigenvalue weighted by atomic mass is 32.1. The predicted octanol–water partition coefficient (Wildman–Crippen LogP) is 3.21. The highest BCUT2D eigenvalue weighted by molar-refractivity contribution is 7.10. The number of aliphatic imine (C=N–C) groups is 1. The van der Waals surface area contributed by atoms with Gasteiger partial charge in [-0.05, 0) is 31.4 Å². The number of nitrogens with one attached hydrogen (secondary N) is 1. The number of hydrogen-bond acceptors (Lipinski definition) is 5. The second kappa shape index (κ2) is 5.42. The van der Waals surface area contributed by atoms with Gasteiger partial charge in [-0.3, -0.25) is 10.3 Å². The molecule has 1 N–H and O–H groups in total. The van der Waals surface area contributed by atoms with Gasteiger partial charge in [0.25, 0.3) is 0 Å². The first kappa shape index (κ1) is 14.3. The summed E-state index contributed by atoms with van der Waals surface area (Å²) in [5.74, 6) is 0. The molecule has 2 amide bonds. The van der Waals surface area contributed by atoms with Crippen LogP contribution in [0.15, 0.2) is 35.5 Å². The van der Waals surface area contributed by atoms with Gasteiger partial charge in [-0.25, -0.2) is 4.79 Å². The fraction of sp³-hybridized carbons (Fsp3) is 0.375. The molecule has 1 aromatic carbocycles. The number of rotatable bonds is 1. The van der Waals surface area contributed by atoms with Crippen LogP contribution in [0, 0.1) is 0 Å². The van der Waals surface area contributed by atoms with Crippen LogP contribution in [0.1, 0.15) is 25.3 Å². The Balaban J connectivity index is 1.49. The molecule has 0 atom stereocenters. The van der Waals surface area contributed by atoms with Gasteiger partial charge in [0, 0.05) is 35.7 Å². The number of fused-ring (bicyclic) bond motifs is 2. The van der Waals surface area contributed by atoms with Crippen LogP contribution in [0.4, 0.5) is 15.5 Å². The van der Waals surface area contributed by atoms with Crippen molar-refractivity contribution in [3.63, 3.8) is 0 Å². The van der Waals surface area contributed by atoms with E-state index < -0.39 is 0 Å². The Hall–Kier alpha value is -2.28. The lowest BCUT2D eigenvalue weighted by molar-refractivity contribution is 0.186. The first-order chi connectivity index (χ1) is 11.2. The van der Waals surface area contributed by atoms with Crippen LogP contribution in [0.5, 0.6) is 0 Å². The molecule has 4 rings (SSSR count). The zero-order chi connectivity index (χ0) is 15.9. The number of hydrogen-bond donors (Lipinski definition) is 1. The molecule has 1 fully saturated rings. The third kappa shape index (κ3) is 2.31. The van der Waals surface area contributed by atoms with Crippen LogP contribution in [0.25, 0.3) is 0 Å². The monoisotopic (exact) mass is 327 g/mol. The van der Waals surface area contributed by atoms with Crippen LogP contribution >= 0.6 is 11.5 Å². The summed E-state index contributed by atoms with van der Waals surface area (Å²) in [6.45, 7) is 3.55. The van der Waals surface area contributed by atoms with Crippen molar-refractivity contribution in [2.24, 2.45) is 4.99 Å². The smallest absolute Gasteiger partial charge is 0.322 e. The maximum Gasteiger partial charge on any atom is 0.322 e. The van der Waals surface area contributed by atoms with E-state index in [1.807, 2.05) is 11.0 Å². The van der Waals surface area contributed by atoms with Crippen molar-refractivity contribution in [3.8, 4) is 0 Å². The lowest BCUT2D eigenvalue weighted by atomic mass is 9.71. The zero-order valence-electron chi connectivity index (χ0n) is 12.8. The van der Waals surface area contributed by atoms with E-state index in [4.69, 9.17) is 4.99 Å². The first-order valence-corrected chi connectivity index (χ1v) is 8.45. The lowest BCUT2D eigenvalue weighted by Crippen LogP contribution is -2.48. The van der Waals surface area contributed by atoms with E-state index in [0.29, 0.717) is 5.00 Å². The van der Waals surface area contributed by atoms with E-state index >= 15 is 0 Å². The van der Waals surface area contributed by atoms with Gasteiger partial charge in [0.2, 0.25) is 0 Å². The number of urea groups is 1. The van der Waals surface area contributed by atoms with E-state index in [9.17, 15) is 4.79 Å². The molecule has 23 heavy (non-hydrogen) atoms. The molecule has 6 nitrogen and oxygen atoms in total. The zero-order valence-corrected chi connectivity index (χ0v) is 13.6. The fourth-order valence-corrected chi connectivity index (χ4v) is 4.00. The SMILES string of the molecule is CC1=Nc2ccccc2C12CCN(C(=O)Nc1cnns1)CC2. The Labute approximate surface area is 138 Å². The Morgan fingerprint density at radius 3 is 2.83 bits per heavy atom. The van der Waals surface area contributed by atoms with Crippen molar-refractivity contribution in [1.29, 1.82) is 0 Å². The predicted molar refractivity (Wildman–Crippen MR) is 90.6 cm³/mol. The molecule has 0 radical (unpaired) electrons. The summed E-state index contributed by atoms with van der Waals surface area (Å²) in [5.41, 5.74) is 3.56. The minimum atomic E-state index is -0.0771. The molecule has 2 aliphatic heterocycles. The number of para-hydroxylation sites is 1. The number of carbonyl (C=O) groups excluding carboxylic acids is 1. The Morgan fingerprint density at radius 1 is 1.30 bits per heavy atom. The molecule has 2 aromatic rings. The molecule has 1 aromatic heterocycles. The number of carbonyl (C=O) groups is 1. The normalized spacial score (nSPS) is 18.7. The molecule has 118 valence electrons. The number of nitrogens with zero attached hydrogens (tertiary/aromatic N) is 4. The average molecular weight is 327 g/mol. The topological polar surface area (TPSA) is 70.5 Å². The summed E-state index contributed by atoms with van der Waals surface area (Å²) in [6, 6.07) is 8.27. The van der Waals surface area contributed by atoms with Crippen LogP contribution in [0.3, 0.4) is 0 Å². The van der Waals surface area contributed by atoms with Crippen molar-refractivity contribution in [2.75, 3.05) is 18.4 Å². The lowest BCUT2D eigenvalue weighted by Gasteiger charge is -2.40. The Kier molecular flexibility index (Phi) is 3.37. The molecule has 1 spiro atoms. The summed E-state index contributed by atoms with van der Waals surface area (Å²) in [5, 5.41) is 7.26. The average Bonchev–Trinajstić information content (AvgIpc) is 3.16. The summed E-state index contributed by atoms with van der Waals surface area (Å²) in [6.07, 6.45) is 3.39. The Bertz CT molecular complexity index is 763. The van der Waals surface area contributed by atoms with Crippen LogP contribution in [-0.2, 0) is 5.41 Å². The van der Waals surface area contributed by atoms with Gasteiger partial charge in [0.1, 0.15) is 5.00 Å². The second-order valence-corrected chi connectivity index (χ2v) is 6.78. The maximum absolute atomic E-state index is 12.3. The van der Waals surface area contributed by atoms with E-state index in [0.717, 1.165) is 31.6 Å². The molecule has 1 saturated heterocycles. The third-order valence-electron chi connectivity index (χ3n) is 4.90. The summed E-state index contributed by atoms with van der Waals surface area (Å²) in [7, 11) is 0. The van der Waals surface area contributed by atoms with Crippen molar-refractivity contribution in [3.05, 3.63) is 36.0 Å². The Morgan fingerprint density at radius 2 is 2.09 bits per heavy atom. The van der Waals surface area contributed by atoms with Gasteiger partial charge in [-0.15, -0.1) is 5.10 Å². The van der Waals surface area contributed by atoms with Crippen molar-refractivity contribution in [2.45, 2.75) is 25.2 Å². The highest BCUT2D eigenvalue weighted by Crippen LogP contribution is 2.46. The first-order valence-electron chi connectivity index (χ1n) is 7.68. The second-order valence-electron chi connectivity index (χ2n) is 6.00. The summed E-state index contributed by atoms with van der Waals surface area (Å²) < 4.78 is 3.76. The summed E-state index contributed by atoms with van der Waals surface area (Å²) in [4.78, 5) is 18.9.